The maximum Gasteiger partial charge on any atom is -0.0269 e. The summed E-state index contributed by atoms with van der Waals surface area (Å²) >= 11 is 0. The van der Waals surface area contributed by atoms with Gasteiger partial charge in [-0.3, -0.25) is 0 Å². The Balaban J connectivity index is 1.90. The second-order valence-electron chi connectivity index (χ2n) is 8.80. The highest BCUT2D eigenvalue weighted by Gasteiger charge is 2.41. The molecule has 2 fully saturated rings. The van der Waals surface area contributed by atoms with E-state index in [9.17, 15) is 0 Å². The molecular formula is C23H42. The summed E-state index contributed by atoms with van der Waals surface area (Å²) in [5, 5.41) is 0. The number of rotatable bonds is 9. The maximum absolute atomic E-state index is 4.33. The second kappa shape index (κ2) is 9.90. The van der Waals surface area contributed by atoms with Crippen LogP contribution < -0.4 is 0 Å². The molecule has 0 aliphatic heterocycles. The third kappa shape index (κ3) is 5.64. The summed E-state index contributed by atoms with van der Waals surface area (Å²) in [6, 6.07) is 0. The lowest BCUT2D eigenvalue weighted by molar-refractivity contribution is 0.0370. The highest BCUT2D eigenvalue weighted by atomic mass is 14.5. The van der Waals surface area contributed by atoms with Gasteiger partial charge < -0.3 is 0 Å². The van der Waals surface area contributed by atoms with Gasteiger partial charge in [0, 0.05) is 0 Å². The Bertz CT molecular complexity index is 326. The monoisotopic (exact) mass is 318 g/mol. The van der Waals surface area contributed by atoms with Gasteiger partial charge in [-0.25, -0.2) is 0 Å². The van der Waals surface area contributed by atoms with Crippen molar-refractivity contribution in [3.05, 3.63) is 12.2 Å². The Hall–Kier alpha value is -0.260. The van der Waals surface area contributed by atoms with E-state index in [1.54, 1.807) is 12.8 Å². The summed E-state index contributed by atoms with van der Waals surface area (Å²) in [6.07, 6.45) is 23.3. The van der Waals surface area contributed by atoms with Gasteiger partial charge in [0.2, 0.25) is 0 Å². The molecule has 2 aliphatic rings. The summed E-state index contributed by atoms with van der Waals surface area (Å²) in [6.45, 7) is 8.96. The molecule has 2 rings (SSSR count). The first kappa shape index (κ1) is 19.1. The zero-order chi connectivity index (χ0) is 16.5. The van der Waals surface area contributed by atoms with Crippen LogP contribution in [0.5, 0.6) is 0 Å². The van der Waals surface area contributed by atoms with Crippen molar-refractivity contribution < 1.29 is 0 Å². The van der Waals surface area contributed by atoms with Crippen molar-refractivity contribution in [2.24, 2.45) is 17.3 Å². The van der Waals surface area contributed by atoms with Crippen LogP contribution in [0.4, 0.5) is 0 Å². The molecule has 0 amide bonds. The molecule has 2 saturated carbocycles. The van der Waals surface area contributed by atoms with Gasteiger partial charge in [-0.05, 0) is 75.0 Å². The van der Waals surface area contributed by atoms with Gasteiger partial charge in [0.15, 0.2) is 0 Å². The first-order chi connectivity index (χ1) is 11.2. The number of allylic oxidation sites excluding steroid dienone is 1. The van der Waals surface area contributed by atoms with E-state index in [4.69, 9.17) is 0 Å². The van der Waals surface area contributed by atoms with Gasteiger partial charge in [-0.1, -0.05) is 70.9 Å². The van der Waals surface area contributed by atoms with Crippen LogP contribution in [0.3, 0.4) is 0 Å². The normalized spacial score (nSPS) is 29.6. The van der Waals surface area contributed by atoms with Gasteiger partial charge in [0.1, 0.15) is 0 Å². The SMILES string of the molecule is C=C(CCC)CC1CCC(CCCCC)(C2CCCCC2)CC1. The molecule has 2 aliphatic carbocycles. The Morgan fingerprint density at radius 3 is 2.22 bits per heavy atom. The van der Waals surface area contributed by atoms with Crippen LogP contribution in [0.2, 0.25) is 0 Å². The number of unbranched alkanes of at least 4 members (excludes halogenated alkanes) is 2. The van der Waals surface area contributed by atoms with Crippen LogP contribution in [0.25, 0.3) is 0 Å². The van der Waals surface area contributed by atoms with Crippen LogP contribution in [-0.2, 0) is 0 Å². The Kier molecular flexibility index (Phi) is 8.21. The highest BCUT2D eigenvalue weighted by molar-refractivity contribution is 4.99. The minimum Gasteiger partial charge on any atom is -0.0999 e. The van der Waals surface area contributed by atoms with Crippen LogP contribution in [0.1, 0.15) is 117 Å². The Morgan fingerprint density at radius 2 is 1.61 bits per heavy atom. The molecule has 0 heteroatoms. The maximum atomic E-state index is 4.33. The summed E-state index contributed by atoms with van der Waals surface area (Å²) in [5.74, 6) is 2.02. The molecule has 0 heterocycles. The van der Waals surface area contributed by atoms with E-state index in [2.05, 4.69) is 20.4 Å². The van der Waals surface area contributed by atoms with Gasteiger partial charge in [-0.2, -0.15) is 0 Å². The van der Waals surface area contributed by atoms with Crippen LogP contribution in [-0.4, -0.2) is 0 Å². The van der Waals surface area contributed by atoms with Crippen molar-refractivity contribution in [1.29, 1.82) is 0 Å². The minimum absolute atomic E-state index is 0.734. The lowest BCUT2D eigenvalue weighted by atomic mass is 9.58. The van der Waals surface area contributed by atoms with Crippen LogP contribution in [0, 0.1) is 17.3 Å². The zero-order valence-corrected chi connectivity index (χ0v) is 16.2. The Labute approximate surface area is 146 Å². The lowest BCUT2D eigenvalue weighted by Crippen LogP contribution is -2.36. The standard InChI is InChI=1S/C23H42/c1-4-6-10-16-23(22-12-8-7-9-13-22)17-14-21(15-18-23)19-20(3)11-5-2/h21-22H,3-19H2,1-2H3. The largest absolute Gasteiger partial charge is 0.0999 e. The van der Waals surface area contributed by atoms with E-state index in [0.717, 1.165) is 17.3 Å². The fraction of sp³-hybridized carbons (Fsp3) is 0.913. The summed E-state index contributed by atoms with van der Waals surface area (Å²) in [7, 11) is 0. The minimum atomic E-state index is 0.734. The smallest absolute Gasteiger partial charge is 0.0269 e. The molecule has 0 aromatic heterocycles. The van der Waals surface area contributed by atoms with Crippen LogP contribution >= 0.6 is 0 Å². The molecule has 0 atom stereocenters. The summed E-state index contributed by atoms with van der Waals surface area (Å²) in [5.41, 5.74) is 2.26. The first-order valence-electron chi connectivity index (χ1n) is 10.9. The topological polar surface area (TPSA) is 0 Å². The van der Waals surface area contributed by atoms with Gasteiger partial charge in [0.25, 0.3) is 0 Å². The number of hydrogen-bond acceptors (Lipinski definition) is 0. The number of hydrogen-bond donors (Lipinski definition) is 0. The fourth-order valence-electron chi connectivity index (χ4n) is 5.62. The van der Waals surface area contributed by atoms with Crippen LogP contribution in [0.15, 0.2) is 12.2 Å². The molecule has 0 spiro atoms. The van der Waals surface area contributed by atoms with Crippen molar-refractivity contribution in [3.63, 3.8) is 0 Å². The van der Waals surface area contributed by atoms with Gasteiger partial charge >= 0.3 is 0 Å². The fourth-order valence-corrected chi connectivity index (χ4v) is 5.62. The molecule has 0 aromatic carbocycles. The molecule has 134 valence electrons. The molecule has 0 nitrogen and oxygen atoms in total. The van der Waals surface area contributed by atoms with E-state index in [1.165, 1.54) is 95.5 Å². The lowest BCUT2D eigenvalue weighted by Gasteiger charge is -2.48. The highest BCUT2D eigenvalue weighted by Crippen LogP contribution is 2.53. The van der Waals surface area contributed by atoms with Gasteiger partial charge in [0.05, 0.1) is 0 Å². The molecule has 0 bridgehead atoms. The summed E-state index contributed by atoms with van der Waals surface area (Å²) < 4.78 is 0. The zero-order valence-electron chi connectivity index (χ0n) is 16.2. The first-order valence-corrected chi connectivity index (χ1v) is 10.9. The molecule has 0 aromatic rings. The predicted molar refractivity (Wildman–Crippen MR) is 104 cm³/mol. The summed E-state index contributed by atoms with van der Waals surface area (Å²) in [4.78, 5) is 0. The third-order valence-electron chi connectivity index (χ3n) is 7.03. The van der Waals surface area contributed by atoms with E-state index in [0.29, 0.717) is 0 Å². The van der Waals surface area contributed by atoms with Crippen molar-refractivity contribution in [1.82, 2.24) is 0 Å². The molecule has 0 N–H and O–H groups in total. The van der Waals surface area contributed by atoms with E-state index in [1.807, 2.05) is 0 Å². The third-order valence-corrected chi connectivity index (χ3v) is 7.03. The predicted octanol–water partition coefficient (Wildman–Crippen LogP) is 8.07. The molecule has 23 heavy (non-hydrogen) atoms. The van der Waals surface area contributed by atoms with Gasteiger partial charge in [-0.15, -0.1) is 0 Å². The Morgan fingerprint density at radius 1 is 0.913 bits per heavy atom. The van der Waals surface area contributed by atoms with Crippen molar-refractivity contribution in [2.75, 3.05) is 0 Å². The molecule has 0 unspecified atom stereocenters. The average molecular weight is 319 g/mol. The second-order valence-corrected chi connectivity index (χ2v) is 8.80. The van der Waals surface area contributed by atoms with E-state index in [-0.39, 0.29) is 0 Å². The van der Waals surface area contributed by atoms with Crippen molar-refractivity contribution >= 4 is 0 Å². The van der Waals surface area contributed by atoms with E-state index < -0.39 is 0 Å². The molecular weight excluding hydrogens is 276 g/mol. The van der Waals surface area contributed by atoms with Crippen molar-refractivity contribution in [2.45, 2.75) is 117 Å². The van der Waals surface area contributed by atoms with E-state index >= 15 is 0 Å². The average Bonchev–Trinajstić information content (AvgIpc) is 2.58. The molecule has 0 radical (unpaired) electrons. The quantitative estimate of drug-likeness (QED) is 0.298. The van der Waals surface area contributed by atoms with Crippen molar-refractivity contribution in [3.8, 4) is 0 Å². The molecule has 0 saturated heterocycles.